The first kappa shape index (κ1) is 24.1. The number of carbonyl (C=O) groups excluding carboxylic acids is 1. The number of hydrogen-bond acceptors (Lipinski definition) is 6. The molecule has 1 fully saturated rings. The Bertz CT molecular complexity index is 1510. The highest BCUT2D eigenvalue weighted by Gasteiger charge is 2.31. The second-order valence-corrected chi connectivity index (χ2v) is 9.52. The monoisotopic (exact) mass is 513 g/mol. The van der Waals surface area contributed by atoms with Gasteiger partial charge in [-0.2, -0.15) is 13.2 Å². The first-order valence-electron chi connectivity index (χ1n) is 11.4. The van der Waals surface area contributed by atoms with E-state index in [4.69, 9.17) is 0 Å². The molecule has 1 aliphatic rings. The summed E-state index contributed by atoms with van der Waals surface area (Å²) in [5.74, 6) is -0.473. The highest BCUT2D eigenvalue weighted by atomic mass is 32.1. The van der Waals surface area contributed by atoms with Crippen LogP contribution in [0.25, 0.3) is 22.3 Å². The van der Waals surface area contributed by atoms with Crippen LogP contribution in [0.15, 0.2) is 52.6 Å². The van der Waals surface area contributed by atoms with Crippen molar-refractivity contribution < 1.29 is 18.0 Å². The van der Waals surface area contributed by atoms with Crippen LogP contribution in [0.1, 0.15) is 34.5 Å². The van der Waals surface area contributed by atoms with Crippen molar-refractivity contribution in [1.29, 1.82) is 0 Å². The molecule has 2 aromatic heterocycles. The number of carbonyl (C=O) groups is 1. The molecule has 1 N–H and O–H groups in total. The van der Waals surface area contributed by atoms with Crippen molar-refractivity contribution in [3.05, 3.63) is 75.0 Å². The predicted molar refractivity (Wildman–Crippen MR) is 132 cm³/mol. The maximum atomic E-state index is 13.3. The van der Waals surface area contributed by atoms with Gasteiger partial charge in [-0.05, 0) is 50.2 Å². The van der Waals surface area contributed by atoms with Crippen molar-refractivity contribution in [3.8, 4) is 11.4 Å². The lowest BCUT2D eigenvalue weighted by Gasteiger charge is -2.13. The molecular weight excluding hydrogens is 491 g/mol. The van der Waals surface area contributed by atoms with Crippen LogP contribution in [0.4, 0.5) is 18.3 Å². The van der Waals surface area contributed by atoms with E-state index in [-0.39, 0.29) is 27.9 Å². The van der Waals surface area contributed by atoms with Gasteiger partial charge in [0.1, 0.15) is 5.82 Å². The van der Waals surface area contributed by atoms with Crippen molar-refractivity contribution >= 4 is 33.3 Å². The molecular formula is C25H22F3N5O2S. The molecule has 186 valence electrons. The number of aromatic nitrogens is 3. The van der Waals surface area contributed by atoms with E-state index in [9.17, 15) is 22.8 Å². The molecule has 0 saturated carbocycles. The Hall–Kier alpha value is -3.57. The fourth-order valence-electron chi connectivity index (χ4n) is 4.34. The van der Waals surface area contributed by atoms with Gasteiger partial charge in [-0.1, -0.05) is 18.2 Å². The van der Waals surface area contributed by atoms with Crippen LogP contribution >= 0.6 is 11.3 Å². The number of halogens is 3. The van der Waals surface area contributed by atoms with Crippen LogP contribution in [-0.4, -0.2) is 38.4 Å². The number of fused-ring (bicyclic) bond motifs is 1. The quantitative estimate of drug-likeness (QED) is 0.410. The summed E-state index contributed by atoms with van der Waals surface area (Å²) in [5, 5.41) is 5.28. The number of nitrogens with one attached hydrogen (secondary N) is 1. The van der Waals surface area contributed by atoms with Gasteiger partial charge in [-0.3, -0.25) is 24.4 Å². The first-order valence-corrected chi connectivity index (χ1v) is 12.2. The molecule has 2 aromatic carbocycles. The third-order valence-corrected chi connectivity index (χ3v) is 6.96. The summed E-state index contributed by atoms with van der Waals surface area (Å²) >= 11 is 1.31. The normalized spacial score (nSPS) is 14.4. The highest BCUT2D eigenvalue weighted by Crippen LogP contribution is 2.32. The van der Waals surface area contributed by atoms with Crippen molar-refractivity contribution in [3.63, 3.8) is 0 Å². The molecule has 5 rings (SSSR count). The van der Waals surface area contributed by atoms with Crippen LogP contribution < -0.4 is 10.9 Å². The number of amides is 1. The van der Waals surface area contributed by atoms with Crippen LogP contribution in [-0.2, 0) is 19.8 Å². The number of rotatable bonds is 5. The molecule has 7 nitrogen and oxygen atoms in total. The standard InChI is InChI=1S/C25H22F3N5O2S/c1-32-21(15-6-4-7-16(12-15)25(26,27)28)30-20-18(8-5-9-19(20)23(32)35)22(34)31-24-29-17(14-36-24)13-33-10-2-3-11-33/h4-9,12,14H,2-3,10-11,13H2,1H3,(H,29,31,34). The van der Waals surface area contributed by atoms with Crippen molar-refractivity contribution in [2.45, 2.75) is 25.6 Å². The van der Waals surface area contributed by atoms with Crippen LogP contribution in [0.3, 0.4) is 0 Å². The third-order valence-electron chi connectivity index (χ3n) is 6.16. The Morgan fingerprint density at radius 3 is 2.61 bits per heavy atom. The Labute approximate surface area is 208 Å². The SMILES string of the molecule is Cn1c(-c2cccc(C(F)(F)F)c2)nc2c(C(=O)Nc3nc(CN4CCCC4)cs3)cccc2c1=O. The number of para-hydroxylation sites is 1. The van der Waals surface area contributed by atoms with E-state index in [1.54, 1.807) is 6.07 Å². The smallest absolute Gasteiger partial charge is 0.298 e. The third kappa shape index (κ3) is 4.76. The molecule has 0 aliphatic carbocycles. The summed E-state index contributed by atoms with van der Waals surface area (Å²) in [6.07, 6.45) is -2.20. The molecule has 0 radical (unpaired) electrons. The Balaban J connectivity index is 1.49. The zero-order valence-corrected chi connectivity index (χ0v) is 20.1. The fourth-order valence-corrected chi connectivity index (χ4v) is 5.04. The molecule has 1 saturated heterocycles. The van der Waals surface area contributed by atoms with Gasteiger partial charge in [0.2, 0.25) is 0 Å². The van der Waals surface area contributed by atoms with Crippen molar-refractivity contribution in [2.75, 3.05) is 18.4 Å². The van der Waals surface area contributed by atoms with Gasteiger partial charge in [0, 0.05) is 24.5 Å². The maximum Gasteiger partial charge on any atom is 0.416 e. The number of anilines is 1. The zero-order valence-electron chi connectivity index (χ0n) is 19.3. The Kier molecular flexibility index (Phi) is 6.35. The summed E-state index contributed by atoms with van der Waals surface area (Å²) in [7, 11) is 1.44. The Morgan fingerprint density at radius 1 is 1.11 bits per heavy atom. The first-order chi connectivity index (χ1) is 17.2. The van der Waals surface area contributed by atoms with Gasteiger partial charge in [0.15, 0.2) is 5.13 Å². The van der Waals surface area contributed by atoms with Gasteiger partial charge >= 0.3 is 6.18 Å². The van der Waals surface area contributed by atoms with Gasteiger partial charge < -0.3 is 0 Å². The lowest BCUT2D eigenvalue weighted by molar-refractivity contribution is -0.137. The molecule has 11 heteroatoms. The van der Waals surface area contributed by atoms with E-state index in [1.807, 2.05) is 5.38 Å². The van der Waals surface area contributed by atoms with E-state index in [1.165, 1.54) is 60.1 Å². The van der Waals surface area contributed by atoms with Crippen LogP contribution in [0.5, 0.6) is 0 Å². The second kappa shape index (κ2) is 9.47. The van der Waals surface area contributed by atoms with E-state index < -0.39 is 23.2 Å². The number of hydrogen-bond donors (Lipinski definition) is 1. The number of alkyl halides is 3. The molecule has 36 heavy (non-hydrogen) atoms. The number of benzene rings is 2. The molecule has 0 unspecified atom stereocenters. The minimum atomic E-state index is -4.54. The lowest BCUT2D eigenvalue weighted by atomic mass is 10.1. The van der Waals surface area contributed by atoms with E-state index in [0.717, 1.165) is 37.5 Å². The largest absolute Gasteiger partial charge is 0.416 e. The van der Waals surface area contributed by atoms with Crippen molar-refractivity contribution in [1.82, 2.24) is 19.4 Å². The van der Waals surface area contributed by atoms with Gasteiger partial charge in [-0.15, -0.1) is 11.3 Å². The van der Waals surface area contributed by atoms with E-state index >= 15 is 0 Å². The molecule has 4 aromatic rings. The minimum Gasteiger partial charge on any atom is -0.298 e. The topological polar surface area (TPSA) is 80.1 Å². The average molecular weight is 514 g/mol. The summed E-state index contributed by atoms with van der Waals surface area (Å²) in [6.45, 7) is 2.78. The number of thiazole rings is 1. The maximum absolute atomic E-state index is 13.3. The second-order valence-electron chi connectivity index (χ2n) is 8.66. The molecule has 1 amide bonds. The highest BCUT2D eigenvalue weighted by molar-refractivity contribution is 7.14. The Morgan fingerprint density at radius 2 is 1.86 bits per heavy atom. The lowest BCUT2D eigenvalue weighted by Crippen LogP contribution is -2.22. The predicted octanol–water partition coefficient (Wildman–Crippen LogP) is 4.92. The van der Waals surface area contributed by atoms with E-state index in [2.05, 4.69) is 20.2 Å². The molecule has 0 atom stereocenters. The summed E-state index contributed by atoms with van der Waals surface area (Å²) in [6, 6.07) is 9.23. The van der Waals surface area contributed by atoms with E-state index in [0.29, 0.717) is 5.13 Å². The van der Waals surface area contributed by atoms with Gasteiger partial charge in [-0.25, -0.2) is 9.97 Å². The number of likely N-dealkylation sites (tertiary alicyclic amines) is 1. The molecule has 1 aliphatic heterocycles. The van der Waals surface area contributed by atoms with Crippen molar-refractivity contribution in [2.24, 2.45) is 7.05 Å². The zero-order chi connectivity index (χ0) is 25.4. The average Bonchev–Trinajstić information content (AvgIpc) is 3.53. The number of nitrogens with zero attached hydrogens (tertiary/aromatic N) is 4. The molecule has 0 spiro atoms. The molecule has 3 heterocycles. The van der Waals surface area contributed by atoms with Gasteiger partial charge in [0.05, 0.1) is 27.7 Å². The van der Waals surface area contributed by atoms with Gasteiger partial charge in [0.25, 0.3) is 11.5 Å². The summed E-state index contributed by atoms with van der Waals surface area (Å²) in [5.41, 5.74) is -0.0888. The molecule has 0 bridgehead atoms. The van der Waals surface area contributed by atoms with Crippen LogP contribution in [0, 0.1) is 0 Å². The summed E-state index contributed by atoms with van der Waals surface area (Å²) in [4.78, 5) is 37.5. The fraction of sp³-hybridized carbons (Fsp3) is 0.280. The summed E-state index contributed by atoms with van der Waals surface area (Å²) < 4.78 is 41.0. The van der Waals surface area contributed by atoms with Crippen LogP contribution in [0.2, 0.25) is 0 Å². The minimum absolute atomic E-state index is 0.0287.